The lowest BCUT2D eigenvalue weighted by Gasteiger charge is -2.13. The van der Waals surface area contributed by atoms with Gasteiger partial charge in [0.15, 0.2) is 11.9 Å². The largest absolute Gasteiger partial charge is 0.481 e. The van der Waals surface area contributed by atoms with E-state index in [1.54, 1.807) is 0 Å². The first-order chi connectivity index (χ1) is 7.16. The van der Waals surface area contributed by atoms with E-state index in [9.17, 15) is 9.18 Å². The van der Waals surface area contributed by atoms with Gasteiger partial charge in [0.1, 0.15) is 11.6 Å². The summed E-state index contributed by atoms with van der Waals surface area (Å²) in [5, 5.41) is 0. The van der Waals surface area contributed by atoms with Crippen molar-refractivity contribution in [1.82, 2.24) is 0 Å². The van der Waals surface area contributed by atoms with Gasteiger partial charge in [0, 0.05) is 6.42 Å². The molecule has 0 bridgehead atoms. The summed E-state index contributed by atoms with van der Waals surface area (Å²) in [6.07, 6.45) is 1.86. The Labute approximate surface area is 95.6 Å². The number of benzene rings is 1. The van der Waals surface area contributed by atoms with Gasteiger partial charge in [-0.1, -0.05) is 0 Å². The van der Waals surface area contributed by atoms with Gasteiger partial charge in [0.25, 0.3) is 0 Å². The average Bonchev–Trinajstić information content (AvgIpc) is 2.57. The summed E-state index contributed by atoms with van der Waals surface area (Å²) >= 11 is 3.20. The van der Waals surface area contributed by atoms with Crippen molar-refractivity contribution in [1.29, 1.82) is 0 Å². The number of ether oxygens (including phenoxy) is 1. The highest BCUT2D eigenvalue weighted by molar-refractivity contribution is 9.10. The molecule has 2 nitrogen and oxygen atoms in total. The minimum atomic E-state index is -0.355. The zero-order valence-electron chi connectivity index (χ0n) is 8.00. The standard InChI is InChI=1S/C11H10BrFO2/c12-8-6-7(13)4-5-10(8)15-11-3-1-2-9(11)14/h4-6,11H,1-3H2. The Bertz CT molecular complexity index is 392. The average molecular weight is 273 g/mol. The molecule has 0 heterocycles. The molecule has 0 aliphatic heterocycles. The first kappa shape index (κ1) is 10.6. The Hall–Kier alpha value is -0.900. The lowest BCUT2D eigenvalue weighted by Crippen LogP contribution is -2.21. The molecule has 1 aromatic carbocycles. The van der Waals surface area contributed by atoms with Crippen LogP contribution in [-0.4, -0.2) is 11.9 Å². The van der Waals surface area contributed by atoms with Crippen LogP contribution < -0.4 is 4.74 Å². The molecule has 0 radical (unpaired) electrons. The van der Waals surface area contributed by atoms with Crippen LogP contribution in [0.5, 0.6) is 5.75 Å². The number of carbonyl (C=O) groups is 1. The van der Waals surface area contributed by atoms with E-state index in [0.717, 1.165) is 12.8 Å². The predicted octanol–water partition coefficient (Wildman–Crippen LogP) is 3.09. The van der Waals surface area contributed by atoms with Crippen LogP contribution in [0.1, 0.15) is 19.3 Å². The number of halogens is 2. The van der Waals surface area contributed by atoms with E-state index in [-0.39, 0.29) is 17.7 Å². The summed E-state index contributed by atoms with van der Waals surface area (Å²) in [7, 11) is 0. The topological polar surface area (TPSA) is 26.3 Å². The van der Waals surface area contributed by atoms with Crippen molar-refractivity contribution in [2.45, 2.75) is 25.4 Å². The lowest BCUT2D eigenvalue weighted by molar-refractivity contribution is -0.123. The van der Waals surface area contributed by atoms with Gasteiger partial charge in [0.2, 0.25) is 0 Å². The predicted molar refractivity (Wildman–Crippen MR) is 57.4 cm³/mol. The van der Waals surface area contributed by atoms with Crippen molar-refractivity contribution in [3.63, 3.8) is 0 Å². The van der Waals surface area contributed by atoms with E-state index in [4.69, 9.17) is 4.74 Å². The first-order valence-electron chi connectivity index (χ1n) is 4.81. The third-order valence-electron chi connectivity index (χ3n) is 2.41. The van der Waals surface area contributed by atoms with Gasteiger partial charge in [-0.3, -0.25) is 4.79 Å². The van der Waals surface area contributed by atoms with E-state index in [1.165, 1.54) is 18.2 Å². The molecule has 1 aromatic rings. The van der Waals surface area contributed by atoms with Gasteiger partial charge in [-0.05, 0) is 47.0 Å². The van der Waals surface area contributed by atoms with Crippen LogP contribution in [0, 0.1) is 5.82 Å². The summed E-state index contributed by atoms with van der Waals surface area (Å²) in [5.74, 6) is 0.329. The molecule has 4 heteroatoms. The Morgan fingerprint density at radius 1 is 1.47 bits per heavy atom. The Morgan fingerprint density at radius 3 is 2.87 bits per heavy atom. The number of ketones is 1. The maximum atomic E-state index is 12.8. The Kier molecular flexibility index (Phi) is 3.05. The summed E-state index contributed by atoms with van der Waals surface area (Å²) in [4.78, 5) is 11.3. The molecule has 1 saturated carbocycles. The highest BCUT2D eigenvalue weighted by Gasteiger charge is 2.26. The molecule has 0 N–H and O–H groups in total. The van der Waals surface area contributed by atoms with Gasteiger partial charge in [-0.15, -0.1) is 0 Å². The third-order valence-corrected chi connectivity index (χ3v) is 3.03. The number of hydrogen-bond acceptors (Lipinski definition) is 2. The molecule has 0 amide bonds. The third kappa shape index (κ3) is 2.37. The van der Waals surface area contributed by atoms with Gasteiger partial charge in [-0.25, -0.2) is 4.39 Å². The highest BCUT2D eigenvalue weighted by Crippen LogP contribution is 2.29. The van der Waals surface area contributed by atoms with Gasteiger partial charge in [-0.2, -0.15) is 0 Å². The summed E-state index contributed by atoms with van der Waals surface area (Å²) in [5.41, 5.74) is 0. The second-order valence-electron chi connectivity index (χ2n) is 3.54. The molecule has 2 rings (SSSR count). The van der Waals surface area contributed by atoms with Crippen LogP contribution >= 0.6 is 15.9 Å². The highest BCUT2D eigenvalue weighted by atomic mass is 79.9. The fraction of sp³-hybridized carbons (Fsp3) is 0.364. The van der Waals surface area contributed by atoms with Gasteiger partial charge >= 0.3 is 0 Å². The summed E-state index contributed by atoms with van der Waals surface area (Å²) in [6, 6.07) is 4.18. The molecular formula is C11H10BrFO2. The van der Waals surface area contributed by atoms with Crippen LogP contribution in [0.2, 0.25) is 0 Å². The van der Waals surface area contributed by atoms with E-state index in [1.807, 2.05) is 0 Å². The molecule has 0 spiro atoms. The van der Waals surface area contributed by atoms with Crippen LogP contribution in [0.3, 0.4) is 0 Å². The number of Topliss-reactive ketones (excluding diaryl/α,β-unsaturated/α-hetero) is 1. The monoisotopic (exact) mass is 272 g/mol. The second-order valence-corrected chi connectivity index (χ2v) is 4.39. The van der Waals surface area contributed by atoms with Crippen molar-refractivity contribution in [2.75, 3.05) is 0 Å². The summed E-state index contributed by atoms with van der Waals surface area (Å²) < 4.78 is 18.8. The van der Waals surface area contributed by atoms with Crippen molar-refractivity contribution in [3.05, 3.63) is 28.5 Å². The Morgan fingerprint density at radius 2 is 2.27 bits per heavy atom. The smallest absolute Gasteiger partial charge is 0.173 e. The molecule has 1 aliphatic carbocycles. The van der Waals surface area contributed by atoms with Crippen molar-refractivity contribution < 1.29 is 13.9 Å². The van der Waals surface area contributed by atoms with Gasteiger partial charge < -0.3 is 4.74 Å². The van der Waals surface area contributed by atoms with Crippen molar-refractivity contribution in [3.8, 4) is 5.75 Å². The zero-order valence-corrected chi connectivity index (χ0v) is 9.59. The molecule has 1 fully saturated rings. The van der Waals surface area contributed by atoms with Crippen LogP contribution in [-0.2, 0) is 4.79 Å². The van der Waals surface area contributed by atoms with E-state index in [0.29, 0.717) is 16.6 Å². The van der Waals surface area contributed by atoms with Crippen LogP contribution in [0.4, 0.5) is 4.39 Å². The molecule has 0 saturated heterocycles. The van der Waals surface area contributed by atoms with E-state index >= 15 is 0 Å². The number of rotatable bonds is 2. The molecule has 80 valence electrons. The quantitative estimate of drug-likeness (QED) is 0.827. The fourth-order valence-electron chi connectivity index (χ4n) is 1.63. The van der Waals surface area contributed by atoms with Crippen molar-refractivity contribution >= 4 is 21.7 Å². The van der Waals surface area contributed by atoms with Crippen LogP contribution in [0.25, 0.3) is 0 Å². The molecule has 1 unspecified atom stereocenters. The number of carbonyl (C=O) groups excluding carboxylic acids is 1. The molecule has 15 heavy (non-hydrogen) atoms. The molecule has 0 aromatic heterocycles. The van der Waals surface area contributed by atoms with Gasteiger partial charge in [0.05, 0.1) is 4.47 Å². The van der Waals surface area contributed by atoms with Crippen LogP contribution in [0.15, 0.2) is 22.7 Å². The van der Waals surface area contributed by atoms with E-state index < -0.39 is 0 Å². The minimum Gasteiger partial charge on any atom is -0.481 e. The fourth-order valence-corrected chi connectivity index (χ4v) is 2.08. The maximum absolute atomic E-state index is 12.8. The normalized spacial score (nSPS) is 20.7. The minimum absolute atomic E-state index is 0.131. The summed E-state index contributed by atoms with van der Waals surface area (Å²) in [6.45, 7) is 0. The second kappa shape index (κ2) is 4.31. The molecule has 1 aliphatic rings. The van der Waals surface area contributed by atoms with E-state index in [2.05, 4.69) is 15.9 Å². The maximum Gasteiger partial charge on any atom is 0.173 e. The Balaban J connectivity index is 2.13. The molecular weight excluding hydrogens is 263 g/mol. The SMILES string of the molecule is O=C1CCCC1Oc1ccc(F)cc1Br. The first-order valence-corrected chi connectivity index (χ1v) is 5.60. The number of hydrogen-bond donors (Lipinski definition) is 0. The zero-order chi connectivity index (χ0) is 10.8. The molecule has 1 atom stereocenters. The van der Waals surface area contributed by atoms with Crippen molar-refractivity contribution in [2.24, 2.45) is 0 Å². The lowest BCUT2D eigenvalue weighted by atomic mass is 10.3.